The summed E-state index contributed by atoms with van der Waals surface area (Å²) in [5.74, 6) is -0.342. The van der Waals surface area contributed by atoms with Crippen LogP contribution in [0, 0.1) is 5.82 Å². The number of piperidine rings is 1. The molecule has 1 aliphatic heterocycles. The second-order valence-electron chi connectivity index (χ2n) is 8.08. The van der Waals surface area contributed by atoms with Crippen LogP contribution in [0.15, 0.2) is 59.8 Å². The molecule has 1 atom stereocenters. The molecule has 3 aromatic rings. The van der Waals surface area contributed by atoms with E-state index in [1.807, 2.05) is 10.6 Å². The quantitative estimate of drug-likeness (QED) is 0.396. The van der Waals surface area contributed by atoms with Crippen molar-refractivity contribution in [2.24, 2.45) is 0 Å². The normalized spacial score (nSPS) is 15.0. The Morgan fingerprint density at radius 1 is 1.00 bits per heavy atom. The molecule has 2 aromatic carbocycles. The number of hydrogen-bond acceptors (Lipinski definition) is 6. The number of nitrogens with zero attached hydrogens (tertiary/aromatic N) is 4. The number of hydrogen-bond donors (Lipinski definition) is 2. The minimum absolute atomic E-state index is 0.0196. The maximum Gasteiger partial charge on any atom is 0.269 e. The topological polar surface area (TPSA) is 92.1 Å². The Hall–Kier alpha value is -3.24. The molecular weight excluding hydrogens is 455 g/mol. The van der Waals surface area contributed by atoms with Crippen LogP contribution in [0.5, 0.6) is 0 Å². The molecule has 8 nitrogen and oxygen atoms in total. The first-order chi connectivity index (χ1) is 16.5. The number of likely N-dealkylation sites (tertiary alicyclic amines) is 1. The molecule has 1 aliphatic rings. The third kappa shape index (κ3) is 5.81. The number of nitrogens with one attached hydrogen (secondary N) is 2. The maximum atomic E-state index is 13.6. The van der Waals surface area contributed by atoms with Gasteiger partial charge in [-0.25, -0.2) is 4.39 Å². The van der Waals surface area contributed by atoms with Crippen LogP contribution >= 0.6 is 11.8 Å². The van der Waals surface area contributed by atoms with Crippen molar-refractivity contribution in [3.8, 4) is 5.69 Å². The summed E-state index contributed by atoms with van der Waals surface area (Å²) < 4.78 is 15.4. The summed E-state index contributed by atoms with van der Waals surface area (Å²) in [4.78, 5) is 26.9. The van der Waals surface area contributed by atoms with E-state index in [9.17, 15) is 14.0 Å². The Balaban J connectivity index is 1.46. The summed E-state index contributed by atoms with van der Waals surface area (Å²) in [5, 5.41) is 9.29. The Kier molecular flexibility index (Phi) is 7.91. The van der Waals surface area contributed by atoms with E-state index < -0.39 is 5.91 Å². The minimum Gasteiger partial charge on any atom is -0.294 e. The third-order valence-electron chi connectivity index (χ3n) is 5.74. The summed E-state index contributed by atoms with van der Waals surface area (Å²) >= 11 is 1.20. The first kappa shape index (κ1) is 23.9. The molecule has 0 aliphatic carbocycles. The van der Waals surface area contributed by atoms with Crippen LogP contribution in [0.25, 0.3) is 5.69 Å². The van der Waals surface area contributed by atoms with Gasteiger partial charge in [-0.1, -0.05) is 36.4 Å². The zero-order valence-electron chi connectivity index (χ0n) is 18.9. The molecule has 0 spiro atoms. The van der Waals surface area contributed by atoms with Crippen molar-refractivity contribution in [3.63, 3.8) is 0 Å². The fraction of sp³-hybridized carbons (Fsp3) is 0.333. The van der Waals surface area contributed by atoms with E-state index in [-0.39, 0.29) is 23.5 Å². The molecule has 1 aromatic heterocycles. The zero-order chi connectivity index (χ0) is 23.9. The number of carbonyl (C=O) groups excluding carboxylic acids is 2. The van der Waals surface area contributed by atoms with Gasteiger partial charge in [0, 0.05) is 11.3 Å². The van der Waals surface area contributed by atoms with Gasteiger partial charge in [0.25, 0.3) is 5.91 Å². The van der Waals surface area contributed by atoms with Gasteiger partial charge in [0.15, 0.2) is 11.0 Å². The molecule has 178 valence electrons. The highest BCUT2D eigenvalue weighted by Gasteiger charge is 2.26. The minimum atomic E-state index is -0.397. The van der Waals surface area contributed by atoms with Crippen LogP contribution in [0.2, 0.25) is 0 Å². The number of thioether (sulfide) groups is 1. The van der Waals surface area contributed by atoms with Gasteiger partial charge in [0.2, 0.25) is 5.91 Å². The fourth-order valence-corrected chi connectivity index (χ4v) is 4.66. The molecule has 4 rings (SSSR count). The first-order valence-electron chi connectivity index (χ1n) is 11.3. The van der Waals surface area contributed by atoms with E-state index in [0.717, 1.165) is 37.4 Å². The lowest BCUT2D eigenvalue weighted by atomic mass is 10.1. The van der Waals surface area contributed by atoms with E-state index in [0.29, 0.717) is 10.7 Å². The standard InChI is InChI=1S/C24H27FN6O2S/c1-17(30-14-6-3-7-15-30)22-27-29-24(31(22)20-12-10-19(25)11-13-20)34-16-21(32)26-28-23(33)18-8-4-2-5-9-18/h2,4-5,8-13,17H,3,6-7,14-16H2,1H3,(H,26,32)(H,28,33). The number of halogens is 1. The smallest absolute Gasteiger partial charge is 0.269 e. The van der Waals surface area contributed by atoms with Crippen molar-refractivity contribution in [2.45, 2.75) is 37.4 Å². The van der Waals surface area contributed by atoms with Crippen LogP contribution in [0.3, 0.4) is 0 Å². The summed E-state index contributed by atoms with van der Waals surface area (Å²) in [6, 6.07) is 14.8. The van der Waals surface area contributed by atoms with Crippen LogP contribution < -0.4 is 10.9 Å². The van der Waals surface area contributed by atoms with E-state index in [1.54, 1.807) is 36.4 Å². The van der Waals surface area contributed by atoms with Crippen molar-refractivity contribution in [3.05, 3.63) is 71.8 Å². The van der Waals surface area contributed by atoms with Crippen LogP contribution in [-0.4, -0.2) is 50.3 Å². The number of benzene rings is 2. The molecule has 2 heterocycles. The molecule has 0 bridgehead atoms. The lowest BCUT2D eigenvalue weighted by Crippen LogP contribution is -2.42. The van der Waals surface area contributed by atoms with Crippen molar-refractivity contribution in [2.75, 3.05) is 18.8 Å². The number of amides is 2. The molecule has 1 unspecified atom stereocenters. The fourth-order valence-electron chi connectivity index (χ4n) is 3.90. The Labute approximate surface area is 201 Å². The van der Waals surface area contributed by atoms with Gasteiger partial charge in [-0.05, 0) is 69.3 Å². The van der Waals surface area contributed by atoms with Crippen molar-refractivity contribution >= 4 is 23.6 Å². The number of hydrazine groups is 1. The predicted octanol–water partition coefficient (Wildman–Crippen LogP) is 3.51. The Morgan fingerprint density at radius 2 is 1.71 bits per heavy atom. The van der Waals surface area contributed by atoms with Crippen molar-refractivity contribution < 1.29 is 14.0 Å². The lowest BCUT2D eigenvalue weighted by Gasteiger charge is -2.31. The van der Waals surface area contributed by atoms with E-state index >= 15 is 0 Å². The second kappa shape index (κ2) is 11.3. The van der Waals surface area contributed by atoms with Gasteiger partial charge in [-0.2, -0.15) is 0 Å². The monoisotopic (exact) mass is 482 g/mol. The SMILES string of the molecule is CC(c1nnc(SCC(=O)NNC(=O)c2ccccc2)n1-c1ccc(F)cc1)N1CCCCC1. The van der Waals surface area contributed by atoms with Gasteiger partial charge < -0.3 is 0 Å². The summed E-state index contributed by atoms with van der Waals surface area (Å²) in [6.45, 7) is 4.07. The lowest BCUT2D eigenvalue weighted by molar-refractivity contribution is -0.119. The van der Waals surface area contributed by atoms with Gasteiger partial charge in [-0.3, -0.25) is 29.9 Å². The second-order valence-corrected chi connectivity index (χ2v) is 9.02. The molecule has 10 heteroatoms. The predicted molar refractivity (Wildman–Crippen MR) is 128 cm³/mol. The number of aromatic nitrogens is 3. The van der Waals surface area contributed by atoms with Crippen molar-refractivity contribution in [1.29, 1.82) is 0 Å². The average molecular weight is 483 g/mol. The van der Waals surface area contributed by atoms with Crippen LogP contribution in [0.4, 0.5) is 4.39 Å². The van der Waals surface area contributed by atoms with Crippen LogP contribution in [-0.2, 0) is 4.79 Å². The van der Waals surface area contributed by atoms with E-state index in [4.69, 9.17) is 0 Å². The van der Waals surface area contributed by atoms with E-state index in [1.165, 1.54) is 30.3 Å². The molecule has 1 fully saturated rings. The van der Waals surface area contributed by atoms with Gasteiger partial charge in [-0.15, -0.1) is 10.2 Å². The van der Waals surface area contributed by atoms with Crippen molar-refractivity contribution in [1.82, 2.24) is 30.5 Å². The zero-order valence-corrected chi connectivity index (χ0v) is 19.7. The molecule has 2 N–H and O–H groups in total. The highest BCUT2D eigenvalue weighted by Crippen LogP contribution is 2.29. The Bertz CT molecular complexity index is 1120. The maximum absolute atomic E-state index is 13.6. The summed E-state index contributed by atoms with van der Waals surface area (Å²) in [5.41, 5.74) is 6.01. The van der Waals surface area contributed by atoms with Gasteiger partial charge in [0.05, 0.1) is 11.8 Å². The highest BCUT2D eigenvalue weighted by atomic mass is 32.2. The highest BCUT2D eigenvalue weighted by molar-refractivity contribution is 7.99. The summed E-state index contributed by atoms with van der Waals surface area (Å²) in [6.07, 6.45) is 3.52. The van der Waals surface area contributed by atoms with E-state index in [2.05, 4.69) is 32.9 Å². The Morgan fingerprint density at radius 3 is 2.41 bits per heavy atom. The molecule has 0 radical (unpaired) electrons. The average Bonchev–Trinajstić information content (AvgIpc) is 3.31. The number of carbonyl (C=O) groups is 2. The van der Waals surface area contributed by atoms with Crippen LogP contribution in [0.1, 0.15) is 48.4 Å². The molecular formula is C24H27FN6O2S. The summed E-state index contributed by atoms with van der Waals surface area (Å²) in [7, 11) is 0. The number of rotatable bonds is 7. The first-order valence-corrected chi connectivity index (χ1v) is 12.2. The molecule has 1 saturated heterocycles. The molecule has 34 heavy (non-hydrogen) atoms. The van der Waals surface area contributed by atoms with Gasteiger partial charge >= 0.3 is 0 Å². The molecule has 2 amide bonds. The third-order valence-corrected chi connectivity index (χ3v) is 6.67. The largest absolute Gasteiger partial charge is 0.294 e. The molecule has 0 saturated carbocycles. The van der Waals surface area contributed by atoms with Gasteiger partial charge in [0.1, 0.15) is 5.82 Å².